The number of aliphatic imine (C=N–C) groups is 1. The van der Waals surface area contributed by atoms with E-state index in [0.29, 0.717) is 0 Å². The van der Waals surface area contributed by atoms with E-state index in [1.807, 2.05) is 42.7 Å². The predicted octanol–water partition coefficient (Wildman–Crippen LogP) is 3.40. The standard InChI is InChI=1S/C24H32N4O2/c1-21-6-8-22(9-7-21)30-24-5-3-2-4-23(24)25-20-28-14-12-26(13-15-28)10-11-27-16-18-29-19-17-27/h2-9,20H,10-19H2,1H3. The molecule has 2 aliphatic rings. The minimum Gasteiger partial charge on any atom is -0.455 e. The first-order chi connectivity index (χ1) is 14.8. The molecule has 2 heterocycles. The fourth-order valence-corrected chi connectivity index (χ4v) is 3.74. The second-order valence-electron chi connectivity index (χ2n) is 7.96. The maximum absolute atomic E-state index is 6.06. The molecule has 0 aromatic heterocycles. The van der Waals surface area contributed by atoms with E-state index in [2.05, 4.69) is 33.8 Å². The van der Waals surface area contributed by atoms with Gasteiger partial charge >= 0.3 is 0 Å². The summed E-state index contributed by atoms with van der Waals surface area (Å²) >= 11 is 0. The number of benzene rings is 2. The van der Waals surface area contributed by atoms with Crippen LogP contribution in [-0.4, -0.2) is 86.6 Å². The number of nitrogens with zero attached hydrogens (tertiary/aromatic N) is 4. The minimum atomic E-state index is 0.779. The fourth-order valence-electron chi connectivity index (χ4n) is 3.74. The molecular formula is C24H32N4O2. The van der Waals surface area contributed by atoms with Gasteiger partial charge in [-0.25, -0.2) is 4.99 Å². The zero-order valence-electron chi connectivity index (χ0n) is 17.9. The quantitative estimate of drug-likeness (QED) is 0.519. The molecular weight excluding hydrogens is 376 g/mol. The van der Waals surface area contributed by atoms with E-state index in [1.165, 1.54) is 5.56 Å². The van der Waals surface area contributed by atoms with Crippen molar-refractivity contribution in [3.63, 3.8) is 0 Å². The van der Waals surface area contributed by atoms with Gasteiger partial charge in [-0.05, 0) is 31.2 Å². The molecule has 2 aromatic rings. The predicted molar refractivity (Wildman–Crippen MR) is 121 cm³/mol. The lowest BCUT2D eigenvalue weighted by atomic mass is 10.2. The van der Waals surface area contributed by atoms with Crippen molar-refractivity contribution in [1.82, 2.24) is 14.7 Å². The highest BCUT2D eigenvalue weighted by molar-refractivity contribution is 5.65. The molecule has 6 heteroatoms. The van der Waals surface area contributed by atoms with Gasteiger partial charge in [-0.1, -0.05) is 29.8 Å². The van der Waals surface area contributed by atoms with E-state index in [4.69, 9.17) is 14.5 Å². The zero-order chi connectivity index (χ0) is 20.6. The summed E-state index contributed by atoms with van der Waals surface area (Å²) in [5.74, 6) is 1.61. The fraction of sp³-hybridized carbons (Fsp3) is 0.458. The van der Waals surface area contributed by atoms with Crippen molar-refractivity contribution in [2.24, 2.45) is 4.99 Å². The van der Waals surface area contributed by atoms with Gasteiger partial charge in [0, 0.05) is 52.4 Å². The Morgan fingerprint density at radius 1 is 0.867 bits per heavy atom. The maximum atomic E-state index is 6.06. The van der Waals surface area contributed by atoms with E-state index in [0.717, 1.165) is 82.8 Å². The van der Waals surface area contributed by atoms with Crippen LogP contribution in [0.5, 0.6) is 11.5 Å². The van der Waals surface area contributed by atoms with Crippen molar-refractivity contribution < 1.29 is 9.47 Å². The summed E-state index contributed by atoms with van der Waals surface area (Å²) in [7, 11) is 0. The summed E-state index contributed by atoms with van der Waals surface area (Å²) in [6.07, 6.45) is 1.97. The Bertz CT molecular complexity index is 810. The average molecular weight is 409 g/mol. The lowest BCUT2D eigenvalue weighted by Gasteiger charge is -2.35. The molecule has 0 atom stereocenters. The van der Waals surface area contributed by atoms with Crippen molar-refractivity contribution in [3.05, 3.63) is 54.1 Å². The third kappa shape index (κ3) is 6.05. The molecule has 0 saturated carbocycles. The van der Waals surface area contributed by atoms with Crippen LogP contribution < -0.4 is 4.74 Å². The van der Waals surface area contributed by atoms with Gasteiger partial charge < -0.3 is 14.4 Å². The molecule has 6 nitrogen and oxygen atoms in total. The van der Waals surface area contributed by atoms with Crippen molar-refractivity contribution in [2.75, 3.05) is 65.6 Å². The summed E-state index contributed by atoms with van der Waals surface area (Å²) < 4.78 is 11.5. The van der Waals surface area contributed by atoms with E-state index in [-0.39, 0.29) is 0 Å². The van der Waals surface area contributed by atoms with Gasteiger partial charge in [0.15, 0.2) is 5.75 Å². The van der Waals surface area contributed by atoms with Gasteiger partial charge in [0.05, 0.1) is 19.6 Å². The first-order valence-electron chi connectivity index (χ1n) is 10.9. The monoisotopic (exact) mass is 408 g/mol. The molecule has 30 heavy (non-hydrogen) atoms. The Kier molecular flexibility index (Phi) is 7.34. The largest absolute Gasteiger partial charge is 0.455 e. The second kappa shape index (κ2) is 10.6. The van der Waals surface area contributed by atoms with Crippen LogP contribution in [-0.2, 0) is 4.74 Å². The molecule has 0 amide bonds. The summed E-state index contributed by atoms with van der Waals surface area (Å²) in [6, 6.07) is 16.0. The SMILES string of the molecule is Cc1ccc(Oc2ccccc2N=CN2CCN(CCN3CCOCC3)CC2)cc1. The van der Waals surface area contributed by atoms with Gasteiger partial charge in [0.2, 0.25) is 0 Å². The minimum absolute atomic E-state index is 0.779. The Morgan fingerprint density at radius 3 is 2.27 bits per heavy atom. The second-order valence-corrected chi connectivity index (χ2v) is 7.96. The molecule has 2 aliphatic heterocycles. The average Bonchev–Trinajstić information content (AvgIpc) is 2.80. The lowest BCUT2D eigenvalue weighted by molar-refractivity contribution is 0.0316. The molecule has 2 aromatic carbocycles. The van der Waals surface area contributed by atoms with Gasteiger partial charge in [-0.3, -0.25) is 9.80 Å². The highest BCUT2D eigenvalue weighted by Gasteiger charge is 2.17. The number of aryl methyl sites for hydroxylation is 1. The normalized spacial score (nSPS) is 18.8. The van der Waals surface area contributed by atoms with E-state index >= 15 is 0 Å². The summed E-state index contributed by atoms with van der Waals surface area (Å²) in [4.78, 5) is 12.1. The topological polar surface area (TPSA) is 40.5 Å². The molecule has 0 N–H and O–H groups in total. The molecule has 0 bridgehead atoms. The van der Waals surface area contributed by atoms with E-state index < -0.39 is 0 Å². The molecule has 0 radical (unpaired) electrons. The summed E-state index contributed by atoms with van der Waals surface area (Å²) in [6.45, 7) is 12.4. The van der Waals surface area contributed by atoms with Gasteiger partial charge in [0.25, 0.3) is 0 Å². The number of hydrogen-bond acceptors (Lipinski definition) is 5. The number of piperazine rings is 1. The third-order valence-corrected chi connectivity index (χ3v) is 5.72. The van der Waals surface area contributed by atoms with Gasteiger partial charge in [-0.15, -0.1) is 0 Å². The first-order valence-corrected chi connectivity index (χ1v) is 10.9. The smallest absolute Gasteiger partial charge is 0.153 e. The Hall–Kier alpha value is -2.41. The van der Waals surface area contributed by atoms with Crippen LogP contribution in [0, 0.1) is 6.92 Å². The third-order valence-electron chi connectivity index (χ3n) is 5.72. The molecule has 0 aliphatic carbocycles. The van der Waals surface area contributed by atoms with Crippen LogP contribution in [0.3, 0.4) is 0 Å². The Balaban J connectivity index is 1.27. The number of para-hydroxylation sites is 2. The van der Waals surface area contributed by atoms with Crippen LogP contribution >= 0.6 is 0 Å². The van der Waals surface area contributed by atoms with Crippen molar-refractivity contribution in [3.8, 4) is 11.5 Å². The van der Waals surface area contributed by atoms with Gasteiger partial charge in [0.1, 0.15) is 11.4 Å². The van der Waals surface area contributed by atoms with Gasteiger partial charge in [-0.2, -0.15) is 0 Å². The van der Waals surface area contributed by atoms with Crippen molar-refractivity contribution in [2.45, 2.75) is 6.92 Å². The van der Waals surface area contributed by atoms with E-state index in [9.17, 15) is 0 Å². The molecule has 2 saturated heterocycles. The van der Waals surface area contributed by atoms with Crippen LogP contribution in [0.2, 0.25) is 0 Å². The van der Waals surface area contributed by atoms with Crippen LogP contribution in [0.4, 0.5) is 5.69 Å². The van der Waals surface area contributed by atoms with Crippen LogP contribution in [0.1, 0.15) is 5.56 Å². The number of rotatable bonds is 7. The van der Waals surface area contributed by atoms with Crippen LogP contribution in [0.25, 0.3) is 0 Å². The molecule has 4 rings (SSSR count). The lowest BCUT2D eigenvalue weighted by Crippen LogP contribution is -2.48. The maximum Gasteiger partial charge on any atom is 0.153 e. The Labute approximate surface area is 179 Å². The van der Waals surface area contributed by atoms with Crippen LogP contribution in [0.15, 0.2) is 53.5 Å². The number of hydrogen-bond donors (Lipinski definition) is 0. The molecule has 160 valence electrons. The number of morpholine rings is 1. The molecule has 0 unspecified atom stereocenters. The highest BCUT2D eigenvalue weighted by Crippen LogP contribution is 2.31. The summed E-state index contributed by atoms with van der Waals surface area (Å²) in [5, 5.41) is 0. The van der Waals surface area contributed by atoms with E-state index in [1.54, 1.807) is 0 Å². The van der Waals surface area contributed by atoms with Crippen molar-refractivity contribution >= 4 is 12.0 Å². The molecule has 2 fully saturated rings. The van der Waals surface area contributed by atoms with Crippen molar-refractivity contribution in [1.29, 1.82) is 0 Å². The number of ether oxygens (including phenoxy) is 2. The Morgan fingerprint density at radius 2 is 1.53 bits per heavy atom. The zero-order valence-corrected chi connectivity index (χ0v) is 17.9. The first kappa shape index (κ1) is 20.8. The molecule has 0 spiro atoms. The summed E-state index contributed by atoms with van der Waals surface area (Å²) in [5.41, 5.74) is 2.07. The highest BCUT2D eigenvalue weighted by atomic mass is 16.5.